The highest BCUT2D eigenvalue weighted by Gasteiger charge is 2.30. The van der Waals surface area contributed by atoms with E-state index in [0.717, 1.165) is 0 Å². The second-order valence-corrected chi connectivity index (χ2v) is 13.1. The van der Waals surface area contributed by atoms with Crippen LogP contribution in [0.2, 0.25) is 0 Å². The zero-order valence-electron chi connectivity index (χ0n) is 41.4. The molecule has 0 saturated heterocycles. The van der Waals surface area contributed by atoms with Crippen LogP contribution in [0.4, 0.5) is 0 Å². The minimum atomic E-state index is -0.766. The number of hydrogen-bond acceptors (Lipinski definition) is 24. The zero-order chi connectivity index (χ0) is 52.3. The fraction of sp³-hybridized carbons (Fsp3) is 0.818. The number of rotatable bonds is 49. The summed E-state index contributed by atoms with van der Waals surface area (Å²) in [6.07, 6.45) is -2.62. The standard InChI is InChI=1S/C36H78N4O20.4C2H4/c1-33(39(9-20-51-29-15-43)10-21-52-30-16-44)55-32-35(54-22-6-37(3-17-49-27-13-41)4-18-50-28-14-42)36(60-34(2)40(11-25-58-47)12-26-59-48)31-53-19-5-38(7-23-56-45)8-24-57-46;4*1-2/h33-36,41-48H,3-32H2,1-2H3;4*1-2H2. The van der Waals surface area contributed by atoms with Crippen LogP contribution in [0.5, 0.6) is 0 Å². The molecule has 0 radical (unpaired) electrons. The fourth-order valence-electron chi connectivity index (χ4n) is 5.60. The summed E-state index contributed by atoms with van der Waals surface area (Å²) in [6, 6.07) is 0. The summed E-state index contributed by atoms with van der Waals surface area (Å²) >= 11 is 0. The summed E-state index contributed by atoms with van der Waals surface area (Å²) in [4.78, 5) is 24.8. The van der Waals surface area contributed by atoms with Gasteiger partial charge in [0.05, 0.1) is 132 Å². The lowest BCUT2D eigenvalue weighted by Gasteiger charge is -2.36. The molecule has 0 amide bonds. The molecule has 0 fully saturated rings. The quantitative estimate of drug-likeness (QED) is 0.0138. The minimum Gasteiger partial charge on any atom is -0.394 e. The lowest BCUT2D eigenvalue weighted by Crippen LogP contribution is -2.49. The van der Waals surface area contributed by atoms with Crippen LogP contribution in [0.15, 0.2) is 52.6 Å². The highest BCUT2D eigenvalue weighted by molar-refractivity contribution is 4.75. The predicted octanol–water partition coefficient (Wildman–Crippen LogP) is 0.893. The van der Waals surface area contributed by atoms with Gasteiger partial charge >= 0.3 is 0 Å². The van der Waals surface area contributed by atoms with Gasteiger partial charge in [-0.05, 0) is 13.8 Å². The van der Waals surface area contributed by atoms with Crippen LogP contribution in [0, 0.1) is 0 Å². The number of ether oxygens (including phenoxy) is 8. The van der Waals surface area contributed by atoms with E-state index < -0.39 is 24.7 Å². The van der Waals surface area contributed by atoms with Crippen molar-refractivity contribution in [1.82, 2.24) is 19.6 Å². The highest BCUT2D eigenvalue weighted by Crippen LogP contribution is 2.15. The lowest BCUT2D eigenvalue weighted by atomic mass is 10.2. The maximum atomic E-state index is 9.18. The molecule has 0 saturated carbocycles. The molecule has 4 atom stereocenters. The first-order chi connectivity index (χ1) is 33.3. The molecule has 24 heteroatoms. The van der Waals surface area contributed by atoms with Crippen molar-refractivity contribution in [2.75, 3.05) is 198 Å². The predicted molar refractivity (Wildman–Crippen MR) is 257 cm³/mol. The van der Waals surface area contributed by atoms with Gasteiger partial charge in [0, 0.05) is 65.4 Å². The van der Waals surface area contributed by atoms with Crippen LogP contribution in [0.3, 0.4) is 0 Å². The third-order valence-electron chi connectivity index (χ3n) is 8.92. The molecule has 0 aromatic heterocycles. The Morgan fingerprint density at radius 2 is 0.647 bits per heavy atom. The molecule has 0 bridgehead atoms. The van der Waals surface area contributed by atoms with Crippen LogP contribution in [-0.2, 0) is 57.4 Å². The molecule has 410 valence electrons. The van der Waals surface area contributed by atoms with Gasteiger partial charge in [0.25, 0.3) is 0 Å². The smallest absolute Gasteiger partial charge is 0.111 e. The molecule has 0 aromatic rings. The molecule has 0 aliphatic rings. The third-order valence-corrected chi connectivity index (χ3v) is 8.92. The average Bonchev–Trinajstić information content (AvgIpc) is 3.38. The average molecular weight is 999 g/mol. The summed E-state index contributed by atoms with van der Waals surface area (Å²) in [6.45, 7) is 33.7. The van der Waals surface area contributed by atoms with Crippen molar-refractivity contribution in [3.05, 3.63) is 52.6 Å². The van der Waals surface area contributed by atoms with Crippen molar-refractivity contribution in [1.29, 1.82) is 0 Å². The van der Waals surface area contributed by atoms with Crippen LogP contribution in [0.25, 0.3) is 0 Å². The van der Waals surface area contributed by atoms with Gasteiger partial charge in [0.2, 0.25) is 0 Å². The Morgan fingerprint density at radius 1 is 0.338 bits per heavy atom. The summed E-state index contributed by atoms with van der Waals surface area (Å²) in [5, 5.41) is 72.6. The van der Waals surface area contributed by atoms with E-state index in [1.807, 2.05) is 16.7 Å². The Balaban J connectivity index is -0.00000156. The van der Waals surface area contributed by atoms with Crippen molar-refractivity contribution >= 4 is 0 Å². The van der Waals surface area contributed by atoms with Crippen molar-refractivity contribution in [3.63, 3.8) is 0 Å². The molecule has 0 heterocycles. The van der Waals surface area contributed by atoms with Crippen molar-refractivity contribution in [3.8, 4) is 0 Å². The SMILES string of the molecule is C=C.C=C.C=C.C=C.CC(OCC(OCCN(CCOCCO)CCOCCO)C(COCCN(CCOO)CCOO)OC(C)N(CCOO)CCOO)N(CCOCCO)CCOCCO. The lowest BCUT2D eigenvalue weighted by molar-refractivity contribution is -0.260. The molecular formula is C44H94N4O20. The van der Waals surface area contributed by atoms with Gasteiger partial charge in [-0.2, -0.15) is 0 Å². The Bertz CT molecular complexity index is 889. The van der Waals surface area contributed by atoms with Gasteiger partial charge in [-0.25, -0.2) is 19.6 Å². The molecule has 0 aliphatic heterocycles. The maximum Gasteiger partial charge on any atom is 0.111 e. The summed E-state index contributed by atoms with van der Waals surface area (Å²) in [5.41, 5.74) is 0. The molecule has 8 N–H and O–H groups in total. The number of aliphatic hydroxyl groups excluding tert-OH is 4. The molecule has 4 unspecified atom stereocenters. The van der Waals surface area contributed by atoms with E-state index in [0.29, 0.717) is 78.8 Å². The van der Waals surface area contributed by atoms with Crippen LogP contribution in [0.1, 0.15) is 13.8 Å². The second kappa shape index (κ2) is 65.0. The van der Waals surface area contributed by atoms with Crippen molar-refractivity contribution in [2.45, 2.75) is 38.5 Å². The largest absolute Gasteiger partial charge is 0.394 e. The second-order valence-electron chi connectivity index (χ2n) is 13.1. The van der Waals surface area contributed by atoms with E-state index in [1.54, 1.807) is 11.8 Å². The topological polar surface area (TPSA) is 286 Å². The van der Waals surface area contributed by atoms with E-state index in [4.69, 9.17) is 69.1 Å². The van der Waals surface area contributed by atoms with E-state index in [1.165, 1.54) is 0 Å². The Morgan fingerprint density at radius 3 is 1.03 bits per heavy atom. The normalized spacial score (nSPS) is 12.9. The van der Waals surface area contributed by atoms with E-state index in [9.17, 15) is 10.2 Å². The summed E-state index contributed by atoms with van der Waals surface area (Å²) < 4.78 is 47.9. The number of nitrogens with zero attached hydrogens (tertiary/aromatic N) is 4. The van der Waals surface area contributed by atoms with Crippen LogP contribution < -0.4 is 0 Å². The van der Waals surface area contributed by atoms with Crippen molar-refractivity contribution in [2.24, 2.45) is 0 Å². The minimum absolute atomic E-state index is 0.0237. The zero-order valence-corrected chi connectivity index (χ0v) is 41.4. The molecule has 0 aliphatic carbocycles. The van der Waals surface area contributed by atoms with Crippen LogP contribution in [-0.4, -0.2) is 283 Å². The van der Waals surface area contributed by atoms with E-state index in [-0.39, 0.29) is 119 Å². The molecule has 0 rings (SSSR count). The molecule has 0 spiro atoms. The Hall–Kier alpha value is -2.00. The third kappa shape index (κ3) is 49.0. The van der Waals surface area contributed by atoms with E-state index in [2.05, 4.69) is 77.1 Å². The number of hydrogen-bond donors (Lipinski definition) is 8. The van der Waals surface area contributed by atoms with Gasteiger partial charge in [-0.15, -0.1) is 52.6 Å². The van der Waals surface area contributed by atoms with Gasteiger partial charge in [-0.3, -0.25) is 40.6 Å². The molecule has 0 aromatic carbocycles. The van der Waals surface area contributed by atoms with Gasteiger partial charge in [-0.1, -0.05) is 0 Å². The van der Waals surface area contributed by atoms with Gasteiger partial charge in [0.15, 0.2) is 0 Å². The Labute approximate surface area is 406 Å². The number of aliphatic hydroxyl groups is 4. The fourth-order valence-corrected chi connectivity index (χ4v) is 5.60. The van der Waals surface area contributed by atoms with Gasteiger partial charge in [0.1, 0.15) is 24.7 Å². The van der Waals surface area contributed by atoms with E-state index >= 15 is 0 Å². The highest BCUT2D eigenvalue weighted by atomic mass is 17.1. The summed E-state index contributed by atoms with van der Waals surface area (Å²) in [5.74, 6) is 0. The Kier molecular flexibility index (Phi) is 71.6. The molecular weight excluding hydrogens is 904 g/mol. The molecule has 68 heavy (non-hydrogen) atoms. The first-order valence-electron chi connectivity index (χ1n) is 22.5. The maximum absolute atomic E-state index is 9.18. The molecule has 24 nitrogen and oxygen atoms in total. The first kappa shape index (κ1) is 74.9. The van der Waals surface area contributed by atoms with Crippen LogP contribution >= 0.6 is 0 Å². The van der Waals surface area contributed by atoms with Gasteiger partial charge < -0.3 is 58.3 Å². The summed E-state index contributed by atoms with van der Waals surface area (Å²) in [7, 11) is 0. The van der Waals surface area contributed by atoms with Crippen molar-refractivity contribution < 1.29 is 98.9 Å². The first-order valence-corrected chi connectivity index (χ1v) is 22.5. The monoisotopic (exact) mass is 999 g/mol.